The van der Waals surface area contributed by atoms with Crippen molar-refractivity contribution in [3.63, 3.8) is 0 Å². The van der Waals surface area contributed by atoms with Crippen LogP contribution in [0.15, 0.2) is 48.7 Å². The molecule has 1 atom stereocenters. The van der Waals surface area contributed by atoms with E-state index < -0.39 is 0 Å². The number of carbonyl (C=O) groups is 1. The largest absolute Gasteiger partial charge is 0.487 e. The number of hydrogen-bond acceptors (Lipinski definition) is 6. The van der Waals surface area contributed by atoms with Crippen LogP contribution >= 0.6 is 11.5 Å². The molecule has 1 amide bonds. The first-order valence-corrected chi connectivity index (χ1v) is 9.19. The number of carbonyl (C=O) groups excluding carboxylic acids is 1. The van der Waals surface area contributed by atoms with Crippen LogP contribution in [0.1, 0.15) is 46.5 Å². The van der Waals surface area contributed by atoms with Crippen LogP contribution in [-0.4, -0.2) is 20.5 Å². The predicted molar refractivity (Wildman–Crippen MR) is 100 cm³/mol. The van der Waals surface area contributed by atoms with E-state index in [4.69, 9.17) is 4.74 Å². The SMILES string of the molecule is CCc1nnsc1C(=O)NC(C)c1cccc(OCc2ccccn2)c1. The predicted octanol–water partition coefficient (Wildman–Crippen LogP) is 3.57. The van der Waals surface area contributed by atoms with Gasteiger partial charge in [0, 0.05) is 6.20 Å². The molecule has 6 nitrogen and oxygen atoms in total. The third kappa shape index (κ3) is 4.43. The Morgan fingerprint density at radius 1 is 1.27 bits per heavy atom. The highest BCUT2D eigenvalue weighted by atomic mass is 32.1. The summed E-state index contributed by atoms with van der Waals surface area (Å²) in [6, 6.07) is 13.3. The number of aromatic nitrogens is 3. The zero-order valence-corrected chi connectivity index (χ0v) is 15.5. The van der Waals surface area contributed by atoms with Gasteiger partial charge in [-0.05, 0) is 54.7 Å². The van der Waals surface area contributed by atoms with Gasteiger partial charge in [-0.25, -0.2) is 0 Å². The molecular formula is C19H20N4O2S. The van der Waals surface area contributed by atoms with Crippen LogP contribution in [-0.2, 0) is 13.0 Å². The van der Waals surface area contributed by atoms with Crippen molar-refractivity contribution in [1.29, 1.82) is 0 Å². The summed E-state index contributed by atoms with van der Waals surface area (Å²) < 4.78 is 9.67. The maximum absolute atomic E-state index is 12.4. The summed E-state index contributed by atoms with van der Waals surface area (Å²) in [5, 5.41) is 6.98. The summed E-state index contributed by atoms with van der Waals surface area (Å²) in [4.78, 5) is 17.3. The van der Waals surface area contributed by atoms with Crippen molar-refractivity contribution in [2.45, 2.75) is 32.9 Å². The van der Waals surface area contributed by atoms with Crippen LogP contribution in [0.2, 0.25) is 0 Å². The molecule has 0 aliphatic carbocycles. The van der Waals surface area contributed by atoms with Crippen molar-refractivity contribution < 1.29 is 9.53 Å². The normalized spacial score (nSPS) is 11.8. The summed E-state index contributed by atoms with van der Waals surface area (Å²) >= 11 is 1.12. The Bertz CT molecular complexity index is 867. The van der Waals surface area contributed by atoms with Crippen LogP contribution in [0.4, 0.5) is 0 Å². The lowest BCUT2D eigenvalue weighted by atomic mass is 10.1. The fraction of sp³-hybridized carbons (Fsp3) is 0.263. The molecule has 2 heterocycles. The first-order chi connectivity index (χ1) is 12.7. The fourth-order valence-electron chi connectivity index (χ4n) is 2.47. The van der Waals surface area contributed by atoms with Gasteiger partial charge in [0.2, 0.25) is 0 Å². The number of nitrogens with one attached hydrogen (secondary N) is 1. The van der Waals surface area contributed by atoms with Crippen molar-refractivity contribution >= 4 is 17.4 Å². The molecule has 26 heavy (non-hydrogen) atoms. The van der Waals surface area contributed by atoms with Gasteiger partial charge in [-0.2, -0.15) is 0 Å². The number of pyridine rings is 1. The Morgan fingerprint density at radius 2 is 2.15 bits per heavy atom. The van der Waals surface area contributed by atoms with E-state index in [1.165, 1.54) is 0 Å². The van der Waals surface area contributed by atoms with Gasteiger partial charge in [-0.15, -0.1) is 5.10 Å². The van der Waals surface area contributed by atoms with E-state index in [1.54, 1.807) is 6.20 Å². The molecule has 3 rings (SSSR count). The minimum atomic E-state index is -0.160. The number of rotatable bonds is 7. The molecule has 0 saturated carbocycles. The quantitative estimate of drug-likeness (QED) is 0.690. The topological polar surface area (TPSA) is 77.0 Å². The van der Waals surface area contributed by atoms with Crippen molar-refractivity contribution in [1.82, 2.24) is 19.9 Å². The standard InChI is InChI=1S/C19H20N4O2S/c1-3-17-18(26-23-22-17)19(24)21-13(2)14-7-6-9-16(11-14)25-12-15-8-4-5-10-20-15/h4-11,13H,3,12H2,1-2H3,(H,21,24). The Balaban J connectivity index is 1.64. The third-order valence-electron chi connectivity index (χ3n) is 3.92. The minimum absolute atomic E-state index is 0.149. The van der Waals surface area contributed by atoms with Gasteiger partial charge in [0.05, 0.1) is 17.4 Å². The van der Waals surface area contributed by atoms with Gasteiger partial charge >= 0.3 is 0 Å². The lowest BCUT2D eigenvalue weighted by Gasteiger charge is -2.15. The molecule has 0 aliphatic heterocycles. The van der Waals surface area contributed by atoms with Gasteiger partial charge in [-0.3, -0.25) is 9.78 Å². The van der Waals surface area contributed by atoms with E-state index in [0.29, 0.717) is 17.9 Å². The fourth-order valence-corrected chi connectivity index (χ4v) is 3.13. The molecule has 1 aromatic carbocycles. The number of amides is 1. The highest BCUT2D eigenvalue weighted by Gasteiger charge is 2.18. The second kappa shape index (κ2) is 8.53. The zero-order valence-electron chi connectivity index (χ0n) is 14.7. The molecule has 3 aromatic rings. The van der Waals surface area contributed by atoms with Gasteiger partial charge in [0.1, 0.15) is 17.2 Å². The Labute approximate surface area is 156 Å². The zero-order chi connectivity index (χ0) is 18.4. The first kappa shape index (κ1) is 18.0. The van der Waals surface area contributed by atoms with Crippen LogP contribution < -0.4 is 10.1 Å². The third-order valence-corrected chi connectivity index (χ3v) is 4.68. The van der Waals surface area contributed by atoms with Crippen molar-refractivity contribution in [2.24, 2.45) is 0 Å². The molecule has 0 fully saturated rings. The summed E-state index contributed by atoms with van der Waals surface area (Å²) in [6.07, 6.45) is 2.43. The second-order valence-electron chi connectivity index (χ2n) is 5.78. The number of benzene rings is 1. The molecule has 0 bridgehead atoms. The molecule has 0 saturated heterocycles. The molecule has 134 valence electrons. The Morgan fingerprint density at radius 3 is 2.92 bits per heavy atom. The van der Waals surface area contributed by atoms with E-state index in [2.05, 4.69) is 19.9 Å². The number of aryl methyl sites for hydroxylation is 1. The van der Waals surface area contributed by atoms with Gasteiger partial charge in [-0.1, -0.05) is 29.6 Å². The van der Waals surface area contributed by atoms with Gasteiger partial charge in [0.15, 0.2) is 0 Å². The summed E-state index contributed by atoms with van der Waals surface area (Å²) in [5.41, 5.74) is 2.56. The number of hydrogen-bond donors (Lipinski definition) is 1. The van der Waals surface area contributed by atoms with Crippen molar-refractivity contribution in [3.05, 3.63) is 70.5 Å². The molecule has 2 aromatic heterocycles. The first-order valence-electron chi connectivity index (χ1n) is 8.42. The van der Waals surface area contributed by atoms with E-state index >= 15 is 0 Å². The van der Waals surface area contributed by atoms with E-state index in [1.807, 2.05) is 56.3 Å². The lowest BCUT2D eigenvalue weighted by Crippen LogP contribution is -2.26. The van der Waals surface area contributed by atoms with E-state index in [-0.39, 0.29) is 11.9 Å². The average Bonchev–Trinajstić information content (AvgIpc) is 3.16. The smallest absolute Gasteiger partial charge is 0.265 e. The summed E-state index contributed by atoms with van der Waals surface area (Å²) in [5.74, 6) is 0.590. The van der Waals surface area contributed by atoms with Crippen molar-refractivity contribution in [3.8, 4) is 5.75 Å². The van der Waals surface area contributed by atoms with Gasteiger partial charge < -0.3 is 10.1 Å². The molecule has 7 heteroatoms. The van der Waals surface area contributed by atoms with Crippen molar-refractivity contribution in [2.75, 3.05) is 0 Å². The van der Waals surface area contributed by atoms with Crippen LogP contribution in [0.5, 0.6) is 5.75 Å². The Hall–Kier alpha value is -2.80. The second-order valence-corrected chi connectivity index (χ2v) is 6.53. The number of ether oxygens (including phenoxy) is 1. The van der Waals surface area contributed by atoms with Crippen LogP contribution in [0.25, 0.3) is 0 Å². The molecule has 0 radical (unpaired) electrons. The highest BCUT2D eigenvalue weighted by Crippen LogP contribution is 2.21. The maximum atomic E-state index is 12.4. The molecular weight excluding hydrogens is 348 g/mol. The summed E-state index contributed by atoms with van der Waals surface area (Å²) in [7, 11) is 0. The van der Waals surface area contributed by atoms with E-state index in [0.717, 1.165) is 34.2 Å². The monoisotopic (exact) mass is 368 g/mol. The number of nitrogens with zero attached hydrogens (tertiary/aromatic N) is 3. The summed E-state index contributed by atoms with van der Waals surface area (Å²) in [6.45, 7) is 4.30. The Kier molecular flexibility index (Phi) is 5.91. The van der Waals surface area contributed by atoms with E-state index in [9.17, 15) is 4.79 Å². The van der Waals surface area contributed by atoms with Crippen LogP contribution in [0, 0.1) is 0 Å². The average molecular weight is 368 g/mol. The minimum Gasteiger partial charge on any atom is -0.487 e. The molecule has 0 aliphatic rings. The van der Waals surface area contributed by atoms with Gasteiger partial charge in [0.25, 0.3) is 5.91 Å². The van der Waals surface area contributed by atoms with Crippen LogP contribution in [0.3, 0.4) is 0 Å². The molecule has 0 spiro atoms. The highest BCUT2D eigenvalue weighted by molar-refractivity contribution is 7.08. The molecule has 1 N–H and O–H groups in total. The molecule has 1 unspecified atom stereocenters. The lowest BCUT2D eigenvalue weighted by molar-refractivity contribution is 0.0943. The maximum Gasteiger partial charge on any atom is 0.265 e.